The van der Waals surface area contributed by atoms with E-state index in [4.69, 9.17) is 11.6 Å². The smallest absolute Gasteiger partial charge is 0.265 e. The summed E-state index contributed by atoms with van der Waals surface area (Å²) in [5, 5.41) is 11.0. The number of halogens is 1. The summed E-state index contributed by atoms with van der Waals surface area (Å²) in [4.78, 5) is 17.7. The van der Waals surface area contributed by atoms with Gasteiger partial charge in [-0.3, -0.25) is 9.36 Å². The first-order valence-corrected chi connectivity index (χ1v) is 7.79. The fraction of sp³-hybridized carbons (Fsp3) is 0.222. The van der Waals surface area contributed by atoms with E-state index in [0.29, 0.717) is 27.3 Å². The standard InChI is InChI=1S/C18H17ClN2O2/c1-10(2)17-20-16-11(3)15(22)9-8-14(16)18(23)21(17)13-6-4-12(19)5-7-13/h4-10,22H,1-3H3. The number of aromatic hydroxyl groups is 1. The van der Waals surface area contributed by atoms with Crippen LogP contribution in [0.5, 0.6) is 5.75 Å². The second-order valence-electron chi connectivity index (χ2n) is 5.85. The summed E-state index contributed by atoms with van der Waals surface area (Å²) in [7, 11) is 0. The molecule has 0 atom stereocenters. The van der Waals surface area contributed by atoms with E-state index in [1.807, 2.05) is 13.8 Å². The molecular weight excluding hydrogens is 312 g/mol. The number of phenolic OH excluding ortho intramolecular Hbond substituents is 1. The Morgan fingerprint density at radius 2 is 1.78 bits per heavy atom. The van der Waals surface area contributed by atoms with Crippen LogP contribution in [0.4, 0.5) is 0 Å². The van der Waals surface area contributed by atoms with E-state index >= 15 is 0 Å². The van der Waals surface area contributed by atoms with Gasteiger partial charge in [0.1, 0.15) is 11.6 Å². The zero-order valence-corrected chi connectivity index (χ0v) is 13.9. The number of fused-ring (bicyclic) bond motifs is 1. The topological polar surface area (TPSA) is 55.1 Å². The normalized spacial score (nSPS) is 11.3. The van der Waals surface area contributed by atoms with Crippen LogP contribution in [-0.4, -0.2) is 14.7 Å². The fourth-order valence-corrected chi connectivity index (χ4v) is 2.75. The van der Waals surface area contributed by atoms with Crippen LogP contribution in [0.3, 0.4) is 0 Å². The van der Waals surface area contributed by atoms with Crippen molar-refractivity contribution in [3.8, 4) is 11.4 Å². The Bertz CT molecular complexity index is 944. The predicted octanol–water partition coefficient (Wildman–Crippen LogP) is 4.18. The maximum absolute atomic E-state index is 13.0. The minimum atomic E-state index is -0.149. The first-order valence-electron chi connectivity index (χ1n) is 7.41. The number of aryl methyl sites for hydroxylation is 1. The van der Waals surface area contributed by atoms with Gasteiger partial charge in [0.05, 0.1) is 16.6 Å². The molecule has 0 saturated carbocycles. The van der Waals surface area contributed by atoms with Crippen LogP contribution in [-0.2, 0) is 0 Å². The Balaban J connectivity index is 2.43. The Hall–Kier alpha value is -2.33. The van der Waals surface area contributed by atoms with Gasteiger partial charge >= 0.3 is 0 Å². The fourth-order valence-electron chi connectivity index (χ4n) is 2.62. The number of hydrogen-bond donors (Lipinski definition) is 1. The molecule has 0 radical (unpaired) electrons. The molecule has 0 aliphatic carbocycles. The van der Waals surface area contributed by atoms with Crippen LogP contribution in [0.25, 0.3) is 16.6 Å². The van der Waals surface area contributed by atoms with Crippen molar-refractivity contribution >= 4 is 22.5 Å². The number of aromatic nitrogens is 2. The molecule has 2 aromatic carbocycles. The van der Waals surface area contributed by atoms with Crippen molar-refractivity contribution < 1.29 is 5.11 Å². The maximum atomic E-state index is 13.0. The highest BCUT2D eigenvalue weighted by atomic mass is 35.5. The summed E-state index contributed by atoms with van der Waals surface area (Å²) >= 11 is 5.94. The van der Waals surface area contributed by atoms with Crippen LogP contribution in [0.1, 0.15) is 31.2 Å². The van der Waals surface area contributed by atoms with E-state index in [2.05, 4.69) is 4.98 Å². The lowest BCUT2D eigenvalue weighted by atomic mass is 10.1. The van der Waals surface area contributed by atoms with Crippen molar-refractivity contribution in [3.05, 3.63) is 63.2 Å². The van der Waals surface area contributed by atoms with Crippen LogP contribution in [0, 0.1) is 6.92 Å². The van der Waals surface area contributed by atoms with Gasteiger partial charge in [-0.1, -0.05) is 25.4 Å². The van der Waals surface area contributed by atoms with Gasteiger partial charge in [0, 0.05) is 16.5 Å². The van der Waals surface area contributed by atoms with Crippen LogP contribution >= 0.6 is 11.6 Å². The van der Waals surface area contributed by atoms with Gasteiger partial charge in [-0.05, 0) is 43.3 Å². The van der Waals surface area contributed by atoms with E-state index in [9.17, 15) is 9.90 Å². The molecule has 0 aliphatic rings. The van der Waals surface area contributed by atoms with Crippen molar-refractivity contribution in [2.45, 2.75) is 26.7 Å². The Morgan fingerprint density at radius 1 is 1.13 bits per heavy atom. The highest BCUT2D eigenvalue weighted by molar-refractivity contribution is 6.30. The summed E-state index contributed by atoms with van der Waals surface area (Å²) < 4.78 is 1.61. The largest absolute Gasteiger partial charge is 0.508 e. The first kappa shape index (κ1) is 15.6. The summed E-state index contributed by atoms with van der Waals surface area (Å²) in [6.45, 7) is 5.73. The molecular formula is C18H17ClN2O2. The summed E-state index contributed by atoms with van der Waals surface area (Å²) in [6.07, 6.45) is 0. The molecule has 0 aliphatic heterocycles. The second kappa shape index (κ2) is 5.70. The van der Waals surface area contributed by atoms with Gasteiger partial charge < -0.3 is 5.11 Å². The molecule has 23 heavy (non-hydrogen) atoms. The van der Waals surface area contributed by atoms with Gasteiger partial charge in [-0.15, -0.1) is 0 Å². The van der Waals surface area contributed by atoms with Crippen molar-refractivity contribution in [2.75, 3.05) is 0 Å². The third-order valence-corrected chi connectivity index (χ3v) is 4.14. The molecule has 1 aromatic heterocycles. The Labute approximate surface area is 139 Å². The minimum Gasteiger partial charge on any atom is -0.508 e. The van der Waals surface area contributed by atoms with E-state index in [-0.39, 0.29) is 17.2 Å². The van der Waals surface area contributed by atoms with Crippen LogP contribution in [0.15, 0.2) is 41.2 Å². The quantitative estimate of drug-likeness (QED) is 0.768. The number of benzene rings is 2. The number of hydrogen-bond acceptors (Lipinski definition) is 3. The average molecular weight is 329 g/mol. The maximum Gasteiger partial charge on any atom is 0.265 e. The lowest BCUT2D eigenvalue weighted by Gasteiger charge is -2.17. The van der Waals surface area contributed by atoms with Crippen molar-refractivity contribution in [3.63, 3.8) is 0 Å². The molecule has 0 bridgehead atoms. The Morgan fingerprint density at radius 3 is 2.39 bits per heavy atom. The van der Waals surface area contributed by atoms with Gasteiger partial charge in [0.15, 0.2) is 0 Å². The minimum absolute atomic E-state index is 0.0459. The molecule has 5 heteroatoms. The van der Waals surface area contributed by atoms with Gasteiger partial charge in [-0.2, -0.15) is 0 Å². The zero-order chi connectivity index (χ0) is 16.7. The molecule has 1 N–H and O–H groups in total. The molecule has 3 aromatic rings. The summed E-state index contributed by atoms with van der Waals surface area (Å²) in [5.74, 6) is 0.839. The van der Waals surface area contributed by atoms with E-state index in [1.54, 1.807) is 41.8 Å². The molecule has 3 rings (SSSR count). The van der Waals surface area contributed by atoms with Crippen molar-refractivity contribution in [2.24, 2.45) is 0 Å². The SMILES string of the molecule is Cc1c(O)ccc2c(=O)n(-c3ccc(Cl)cc3)c(C(C)C)nc12. The zero-order valence-electron chi connectivity index (χ0n) is 13.2. The Kier molecular flexibility index (Phi) is 3.86. The number of rotatable bonds is 2. The average Bonchev–Trinajstić information content (AvgIpc) is 2.52. The molecule has 0 amide bonds. The van der Waals surface area contributed by atoms with E-state index in [0.717, 1.165) is 5.69 Å². The number of phenols is 1. The van der Waals surface area contributed by atoms with Gasteiger partial charge in [0.25, 0.3) is 5.56 Å². The molecule has 118 valence electrons. The van der Waals surface area contributed by atoms with Crippen LogP contribution in [0.2, 0.25) is 5.02 Å². The molecule has 0 saturated heterocycles. The van der Waals surface area contributed by atoms with Crippen molar-refractivity contribution in [1.29, 1.82) is 0 Å². The third-order valence-electron chi connectivity index (χ3n) is 3.89. The van der Waals surface area contributed by atoms with Crippen molar-refractivity contribution in [1.82, 2.24) is 9.55 Å². The lowest BCUT2D eigenvalue weighted by Crippen LogP contribution is -2.25. The third kappa shape index (κ3) is 2.59. The lowest BCUT2D eigenvalue weighted by molar-refractivity contribution is 0.472. The van der Waals surface area contributed by atoms with Crippen LogP contribution < -0.4 is 5.56 Å². The summed E-state index contributed by atoms with van der Waals surface area (Å²) in [6, 6.07) is 10.2. The highest BCUT2D eigenvalue weighted by Crippen LogP contribution is 2.26. The molecule has 0 unspecified atom stereocenters. The second-order valence-corrected chi connectivity index (χ2v) is 6.28. The first-order chi connectivity index (χ1) is 10.9. The molecule has 1 heterocycles. The van der Waals surface area contributed by atoms with Gasteiger partial charge in [-0.25, -0.2) is 4.98 Å². The van der Waals surface area contributed by atoms with E-state index in [1.165, 1.54) is 6.07 Å². The van der Waals surface area contributed by atoms with E-state index < -0.39 is 0 Å². The molecule has 4 nitrogen and oxygen atoms in total. The monoisotopic (exact) mass is 328 g/mol. The molecule has 0 fully saturated rings. The number of nitrogens with zero attached hydrogens (tertiary/aromatic N) is 2. The summed E-state index contributed by atoms with van der Waals surface area (Å²) in [5.41, 5.74) is 1.74. The predicted molar refractivity (Wildman–Crippen MR) is 92.8 cm³/mol. The molecule has 0 spiro atoms. The highest BCUT2D eigenvalue weighted by Gasteiger charge is 2.17. The van der Waals surface area contributed by atoms with Gasteiger partial charge in [0.2, 0.25) is 0 Å².